The Morgan fingerprint density at radius 3 is 2.52 bits per heavy atom. The van der Waals surface area contributed by atoms with Gasteiger partial charge in [-0.1, -0.05) is 18.2 Å². The van der Waals surface area contributed by atoms with Gasteiger partial charge in [-0.25, -0.2) is 0 Å². The van der Waals surface area contributed by atoms with E-state index in [1.54, 1.807) is 17.0 Å². The van der Waals surface area contributed by atoms with Gasteiger partial charge in [0.2, 0.25) is 5.91 Å². The zero-order chi connectivity index (χ0) is 17.6. The van der Waals surface area contributed by atoms with E-state index in [0.29, 0.717) is 24.6 Å². The van der Waals surface area contributed by atoms with Crippen molar-refractivity contribution >= 4 is 18.3 Å². The third kappa shape index (κ3) is 7.12. The zero-order valence-corrected chi connectivity index (χ0v) is 15.0. The van der Waals surface area contributed by atoms with Gasteiger partial charge in [-0.3, -0.25) is 4.79 Å². The monoisotopic (exact) mass is 380 g/mol. The summed E-state index contributed by atoms with van der Waals surface area (Å²) in [4.78, 5) is 14.1. The molecule has 0 radical (unpaired) electrons. The number of nitrogens with one attached hydrogen (secondary N) is 1. The molecule has 1 aromatic rings. The fraction of sp³-hybridized carbons (Fsp3) is 0.588. The first-order valence-electron chi connectivity index (χ1n) is 8.15. The van der Waals surface area contributed by atoms with Gasteiger partial charge in [-0.2, -0.15) is 0 Å². The molecule has 1 N–H and O–H groups in total. The Labute approximate surface area is 152 Å². The molecule has 0 aliphatic carbocycles. The Morgan fingerprint density at radius 1 is 1.28 bits per heavy atom. The molecule has 2 rings (SSSR count). The van der Waals surface area contributed by atoms with Crippen LogP contribution in [0.15, 0.2) is 24.3 Å². The van der Waals surface area contributed by atoms with Crippen molar-refractivity contribution < 1.29 is 22.7 Å². The first-order valence-corrected chi connectivity index (χ1v) is 8.15. The zero-order valence-electron chi connectivity index (χ0n) is 14.1. The first-order chi connectivity index (χ1) is 11.4. The second kappa shape index (κ2) is 9.87. The summed E-state index contributed by atoms with van der Waals surface area (Å²) >= 11 is 0. The molecule has 0 saturated carbocycles. The van der Waals surface area contributed by atoms with E-state index in [-0.39, 0.29) is 36.9 Å². The van der Waals surface area contributed by atoms with E-state index in [0.717, 1.165) is 19.4 Å². The average molecular weight is 381 g/mol. The van der Waals surface area contributed by atoms with E-state index >= 15 is 0 Å². The molecule has 1 aromatic carbocycles. The van der Waals surface area contributed by atoms with Crippen LogP contribution in [0.25, 0.3) is 0 Å². The molecule has 0 bridgehead atoms. The molecule has 4 nitrogen and oxygen atoms in total. The molecular formula is C17H24ClF3N2O2. The van der Waals surface area contributed by atoms with Gasteiger partial charge in [0.25, 0.3) is 0 Å². The number of rotatable bonds is 6. The van der Waals surface area contributed by atoms with Crippen LogP contribution in [0, 0.1) is 5.92 Å². The van der Waals surface area contributed by atoms with Gasteiger partial charge in [0.05, 0.1) is 0 Å². The van der Waals surface area contributed by atoms with Crippen LogP contribution in [-0.2, 0) is 11.2 Å². The van der Waals surface area contributed by atoms with Crippen LogP contribution < -0.4 is 10.1 Å². The average Bonchev–Trinajstić information content (AvgIpc) is 2.53. The van der Waals surface area contributed by atoms with Crippen LogP contribution >= 0.6 is 12.4 Å². The van der Waals surface area contributed by atoms with Crippen LogP contribution in [-0.4, -0.2) is 43.9 Å². The van der Waals surface area contributed by atoms with E-state index in [1.165, 1.54) is 12.1 Å². The minimum absolute atomic E-state index is 0. The fourth-order valence-corrected chi connectivity index (χ4v) is 3.01. The molecule has 0 spiro atoms. The Hall–Kier alpha value is -1.47. The number of carbonyl (C=O) groups is 1. The number of alkyl halides is 3. The third-order valence-electron chi connectivity index (χ3n) is 4.27. The van der Waals surface area contributed by atoms with Crippen LogP contribution in [0.2, 0.25) is 0 Å². The number of benzene rings is 1. The SMILES string of the molecule is CNCC1CCN(C(=O)CCc2ccccc2OC(F)(F)F)CC1.Cl. The number of nitrogens with zero attached hydrogens (tertiary/aromatic N) is 1. The number of hydrogen-bond donors (Lipinski definition) is 1. The molecule has 142 valence electrons. The van der Waals surface area contributed by atoms with Gasteiger partial charge in [0, 0.05) is 19.5 Å². The van der Waals surface area contributed by atoms with E-state index < -0.39 is 6.36 Å². The molecule has 1 heterocycles. The maximum absolute atomic E-state index is 12.4. The number of amides is 1. The van der Waals surface area contributed by atoms with Gasteiger partial charge >= 0.3 is 6.36 Å². The largest absolute Gasteiger partial charge is 0.573 e. The Kier molecular flexibility index (Phi) is 8.52. The van der Waals surface area contributed by atoms with Crippen molar-refractivity contribution in [3.8, 4) is 5.75 Å². The lowest BCUT2D eigenvalue weighted by Crippen LogP contribution is -2.40. The summed E-state index contributed by atoms with van der Waals surface area (Å²) in [6, 6.07) is 5.97. The van der Waals surface area contributed by atoms with Crippen LogP contribution in [0.4, 0.5) is 13.2 Å². The molecular weight excluding hydrogens is 357 g/mol. The Morgan fingerprint density at radius 2 is 1.92 bits per heavy atom. The van der Waals surface area contributed by atoms with E-state index in [9.17, 15) is 18.0 Å². The highest BCUT2D eigenvalue weighted by Gasteiger charge is 2.32. The minimum atomic E-state index is -4.73. The maximum atomic E-state index is 12.4. The standard InChI is InChI=1S/C17H23F3N2O2.ClH/c1-21-12-13-8-10-22(11-9-13)16(23)7-6-14-4-2-3-5-15(14)24-17(18,19)20;/h2-5,13,21H,6-12H2,1H3;1H. The summed E-state index contributed by atoms with van der Waals surface area (Å²) < 4.78 is 41.2. The van der Waals surface area contributed by atoms with Gasteiger partial charge < -0.3 is 15.0 Å². The predicted molar refractivity (Wildman–Crippen MR) is 91.9 cm³/mol. The molecule has 8 heteroatoms. The van der Waals surface area contributed by atoms with E-state index in [4.69, 9.17) is 0 Å². The van der Waals surface area contributed by atoms with Gasteiger partial charge in [0.1, 0.15) is 5.75 Å². The summed E-state index contributed by atoms with van der Waals surface area (Å²) in [6.45, 7) is 2.38. The number of carbonyl (C=O) groups excluding carboxylic acids is 1. The number of halogens is 4. The minimum Gasteiger partial charge on any atom is -0.406 e. The first kappa shape index (κ1) is 21.6. The normalized spacial score (nSPS) is 15.6. The molecule has 1 amide bonds. The number of para-hydroxylation sites is 1. The Balaban J connectivity index is 0.00000312. The summed E-state index contributed by atoms with van der Waals surface area (Å²) in [6.07, 6.45) is -2.38. The van der Waals surface area contributed by atoms with Crippen molar-refractivity contribution in [3.05, 3.63) is 29.8 Å². The maximum Gasteiger partial charge on any atom is 0.573 e. The van der Waals surface area contributed by atoms with E-state index in [1.807, 2.05) is 7.05 Å². The number of likely N-dealkylation sites (tertiary alicyclic amines) is 1. The second-order valence-electron chi connectivity index (χ2n) is 6.04. The molecule has 0 atom stereocenters. The van der Waals surface area contributed by atoms with Crippen molar-refractivity contribution in [1.82, 2.24) is 10.2 Å². The van der Waals surface area contributed by atoms with Crippen LogP contribution in [0.1, 0.15) is 24.8 Å². The Bertz CT molecular complexity index is 547. The molecule has 1 saturated heterocycles. The smallest absolute Gasteiger partial charge is 0.406 e. The van der Waals surface area contributed by atoms with Crippen molar-refractivity contribution in [2.24, 2.45) is 5.92 Å². The lowest BCUT2D eigenvalue weighted by Gasteiger charge is -2.32. The summed E-state index contributed by atoms with van der Waals surface area (Å²) in [5, 5.41) is 3.14. The molecule has 0 unspecified atom stereocenters. The van der Waals surface area contributed by atoms with E-state index in [2.05, 4.69) is 10.1 Å². The van der Waals surface area contributed by atoms with Gasteiger partial charge in [0.15, 0.2) is 0 Å². The highest BCUT2D eigenvalue weighted by Crippen LogP contribution is 2.27. The lowest BCUT2D eigenvalue weighted by atomic mass is 9.96. The fourth-order valence-electron chi connectivity index (χ4n) is 3.01. The highest BCUT2D eigenvalue weighted by atomic mass is 35.5. The molecule has 25 heavy (non-hydrogen) atoms. The number of piperidine rings is 1. The van der Waals surface area contributed by atoms with Crippen molar-refractivity contribution in [2.45, 2.75) is 32.0 Å². The number of aryl methyl sites for hydroxylation is 1. The van der Waals surface area contributed by atoms with Gasteiger partial charge in [-0.05, 0) is 50.4 Å². The summed E-state index contributed by atoms with van der Waals surface area (Å²) in [5.41, 5.74) is 0.397. The predicted octanol–water partition coefficient (Wildman–Crippen LogP) is 3.40. The molecule has 1 fully saturated rings. The second-order valence-corrected chi connectivity index (χ2v) is 6.04. The van der Waals surface area contributed by atoms with Crippen LogP contribution in [0.3, 0.4) is 0 Å². The van der Waals surface area contributed by atoms with Crippen molar-refractivity contribution in [3.63, 3.8) is 0 Å². The summed E-state index contributed by atoms with van der Waals surface area (Å²) in [7, 11) is 1.91. The number of hydrogen-bond acceptors (Lipinski definition) is 3. The number of ether oxygens (including phenoxy) is 1. The topological polar surface area (TPSA) is 41.6 Å². The molecule has 1 aliphatic rings. The van der Waals surface area contributed by atoms with Crippen LogP contribution in [0.5, 0.6) is 5.75 Å². The third-order valence-corrected chi connectivity index (χ3v) is 4.27. The van der Waals surface area contributed by atoms with Crippen molar-refractivity contribution in [1.29, 1.82) is 0 Å². The van der Waals surface area contributed by atoms with Crippen molar-refractivity contribution in [2.75, 3.05) is 26.7 Å². The highest BCUT2D eigenvalue weighted by molar-refractivity contribution is 5.85. The molecule has 1 aliphatic heterocycles. The summed E-state index contributed by atoms with van der Waals surface area (Å²) in [5.74, 6) is 0.338. The lowest BCUT2D eigenvalue weighted by molar-refractivity contribution is -0.274. The van der Waals surface area contributed by atoms with Gasteiger partial charge in [-0.15, -0.1) is 25.6 Å². The quantitative estimate of drug-likeness (QED) is 0.822. The molecule has 0 aromatic heterocycles.